The molecule has 3 aliphatic rings. The number of hydrogen-bond acceptors (Lipinski definition) is 3. The van der Waals surface area contributed by atoms with Crippen LogP contribution < -0.4 is 0 Å². The Morgan fingerprint density at radius 2 is 1.80 bits per heavy atom. The van der Waals surface area contributed by atoms with Gasteiger partial charge in [0.05, 0.1) is 17.3 Å². The smallest absolute Gasteiger partial charge is 0.0653 e. The Hall–Kier alpha value is -0.900. The summed E-state index contributed by atoms with van der Waals surface area (Å²) in [7, 11) is 0. The van der Waals surface area contributed by atoms with Crippen LogP contribution in [0.3, 0.4) is 0 Å². The van der Waals surface area contributed by atoms with E-state index in [1.54, 1.807) is 0 Å². The molecule has 3 aliphatic carbocycles. The first-order chi connectivity index (χ1) is 13.9. The molecule has 0 aromatic carbocycles. The molecule has 0 bridgehead atoms. The Balaban J connectivity index is 1.74. The molecule has 3 saturated carbocycles. The van der Waals surface area contributed by atoms with Crippen molar-refractivity contribution in [2.24, 2.45) is 17.3 Å². The van der Waals surface area contributed by atoms with Gasteiger partial charge in [0.15, 0.2) is 0 Å². The topological polar surface area (TPSA) is 60.7 Å². The molecule has 0 aromatic heterocycles. The zero-order valence-electron chi connectivity index (χ0n) is 19.7. The molecule has 0 amide bonds. The number of allylic oxidation sites excluding steroid dienone is 4. The van der Waals surface area contributed by atoms with Gasteiger partial charge in [-0.1, -0.05) is 36.8 Å². The van der Waals surface area contributed by atoms with Crippen molar-refractivity contribution in [3.8, 4) is 0 Å². The molecule has 0 radical (unpaired) electrons. The van der Waals surface area contributed by atoms with Crippen molar-refractivity contribution >= 4 is 0 Å². The highest BCUT2D eigenvalue weighted by Crippen LogP contribution is 2.60. The Morgan fingerprint density at radius 1 is 1.07 bits per heavy atom. The standard InChI is InChI=1S/C27H44O3/c1-19-9-12-22(28)18-21(19)11-10-20-8-6-16-26(4)23(20)13-14-24(26)27(5,30)17-7-15-25(2,3)29/h10-11,22-24,28-30H,1,6-9,12-18H2,2-5H3. The predicted molar refractivity (Wildman–Crippen MR) is 124 cm³/mol. The van der Waals surface area contributed by atoms with E-state index in [0.717, 1.165) is 57.8 Å². The molecule has 3 heteroatoms. The van der Waals surface area contributed by atoms with Crippen molar-refractivity contribution < 1.29 is 15.3 Å². The Morgan fingerprint density at radius 3 is 2.50 bits per heavy atom. The number of hydrogen-bond donors (Lipinski definition) is 3. The van der Waals surface area contributed by atoms with Gasteiger partial charge in [0.1, 0.15) is 0 Å². The quantitative estimate of drug-likeness (QED) is 0.509. The Kier molecular flexibility index (Phi) is 7.06. The maximum atomic E-state index is 11.4. The van der Waals surface area contributed by atoms with Gasteiger partial charge in [-0.2, -0.15) is 0 Å². The number of fused-ring (bicyclic) bond motifs is 1. The second-order valence-electron chi connectivity index (χ2n) is 11.5. The molecule has 170 valence electrons. The van der Waals surface area contributed by atoms with Crippen molar-refractivity contribution in [3.05, 3.63) is 35.5 Å². The van der Waals surface area contributed by atoms with Gasteiger partial charge >= 0.3 is 0 Å². The summed E-state index contributed by atoms with van der Waals surface area (Å²) in [5.74, 6) is 0.843. The molecule has 5 atom stereocenters. The van der Waals surface area contributed by atoms with Crippen LogP contribution in [0.2, 0.25) is 0 Å². The van der Waals surface area contributed by atoms with Gasteiger partial charge in [0.2, 0.25) is 0 Å². The SMILES string of the molecule is C=C1CCC(O)CC1=CC=C1CCCC2(C)C1CCC2C(C)(O)CCCC(C)(C)O. The summed E-state index contributed by atoms with van der Waals surface area (Å²) in [5.41, 5.74) is 2.71. The van der Waals surface area contributed by atoms with Crippen molar-refractivity contribution in [1.82, 2.24) is 0 Å². The highest BCUT2D eigenvalue weighted by Gasteiger charge is 2.54. The minimum Gasteiger partial charge on any atom is -0.393 e. The van der Waals surface area contributed by atoms with Crippen LogP contribution in [-0.4, -0.2) is 32.6 Å². The Labute approximate surface area is 184 Å². The minimum absolute atomic E-state index is 0.143. The van der Waals surface area contributed by atoms with Crippen LogP contribution in [0.4, 0.5) is 0 Å². The first kappa shape index (κ1) is 23.8. The van der Waals surface area contributed by atoms with Gasteiger partial charge in [-0.05, 0) is 114 Å². The summed E-state index contributed by atoms with van der Waals surface area (Å²) in [5, 5.41) is 31.5. The normalized spacial score (nSPS) is 37.4. The average Bonchev–Trinajstić information content (AvgIpc) is 2.99. The summed E-state index contributed by atoms with van der Waals surface area (Å²) < 4.78 is 0. The lowest BCUT2D eigenvalue weighted by Gasteiger charge is -2.47. The lowest BCUT2D eigenvalue weighted by atomic mass is 9.59. The first-order valence-electron chi connectivity index (χ1n) is 12.1. The molecule has 0 saturated heterocycles. The molecule has 0 aliphatic heterocycles. The van der Waals surface area contributed by atoms with Crippen molar-refractivity contribution in [2.75, 3.05) is 0 Å². The third kappa shape index (κ3) is 5.29. The summed E-state index contributed by atoms with van der Waals surface area (Å²) in [6, 6.07) is 0. The van der Waals surface area contributed by atoms with Gasteiger partial charge in [0.25, 0.3) is 0 Å². The largest absolute Gasteiger partial charge is 0.393 e. The van der Waals surface area contributed by atoms with Crippen molar-refractivity contribution in [1.29, 1.82) is 0 Å². The van der Waals surface area contributed by atoms with Gasteiger partial charge in [-0.25, -0.2) is 0 Å². The van der Waals surface area contributed by atoms with E-state index in [9.17, 15) is 15.3 Å². The molecule has 5 unspecified atom stereocenters. The molecule has 3 rings (SSSR count). The third-order valence-electron chi connectivity index (χ3n) is 8.37. The lowest BCUT2D eigenvalue weighted by Crippen LogP contribution is -2.45. The van der Waals surface area contributed by atoms with Crippen molar-refractivity contribution in [3.63, 3.8) is 0 Å². The van der Waals surface area contributed by atoms with Crippen LogP contribution in [-0.2, 0) is 0 Å². The van der Waals surface area contributed by atoms with Crippen LogP contribution in [0.15, 0.2) is 35.5 Å². The molecule has 3 nitrogen and oxygen atoms in total. The second-order valence-corrected chi connectivity index (χ2v) is 11.5. The zero-order chi connectivity index (χ0) is 22.2. The monoisotopic (exact) mass is 416 g/mol. The minimum atomic E-state index is -0.683. The predicted octanol–water partition coefficient (Wildman–Crippen LogP) is 5.85. The molecular formula is C27H44O3. The first-order valence-corrected chi connectivity index (χ1v) is 12.1. The molecule has 30 heavy (non-hydrogen) atoms. The van der Waals surface area contributed by atoms with Crippen LogP contribution in [0.25, 0.3) is 0 Å². The summed E-state index contributed by atoms with van der Waals surface area (Å²) >= 11 is 0. The van der Waals surface area contributed by atoms with E-state index in [1.807, 2.05) is 20.8 Å². The maximum Gasteiger partial charge on any atom is 0.0653 e. The highest BCUT2D eigenvalue weighted by atomic mass is 16.3. The fraction of sp³-hybridized carbons (Fsp3) is 0.778. The summed E-state index contributed by atoms with van der Waals surface area (Å²) in [6.07, 6.45) is 14.9. The fourth-order valence-corrected chi connectivity index (χ4v) is 6.71. The van der Waals surface area contributed by atoms with Crippen molar-refractivity contribution in [2.45, 2.75) is 116 Å². The van der Waals surface area contributed by atoms with E-state index >= 15 is 0 Å². The number of aliphatic hydroxyl groups is 3. The molecule has 3 N–H and O–H groups in total. The zero-order valence-corrected chi connectivity index (χ0v) is 19.7. The van der Waals surface area contributed by atoms with E-state index in [-0.39, 0.29) is 11.5 Å². The van der Waals surface area contributed by atoms with E-state index in [4.69, 9.17) is 0 Å². The lowest BCUT2D eigenvalue weighted by molar-refractivity contribution is -0.0680. The molecule has 0 spiro atoms. The summed E-state index contributed by atoms with van der Waals surface area (Å²) in [6.45, 7) is 12.3. The maximum absolute atomic E-state index is 11.4. The molecule has 3 fully saturated rings. The van der Waals surface area contributed by atoms with Crippen LogP contribution >= 0.6 is 0 Å². The Bertz CT molecular complexity index is 693. The molecule has 0 heterocycles. The fourth-order valence-electron chi connectivity index (χ4n) is 6.71. The van der Waals surface area contributed by atoms with Crippen LogP contribution in [0.1, 0.15) is 98.3 Å². The molecule has 0 aromatic rings. The number of aliphatic hydroxyl groups excluding tert-OH is 1. The van der Waals surface area contributed by atoms with Gasteiger partial charge < -0.3 is 15.3 Å². The highest BCUT2D eigenvalue weighted by molar-refractivity contribution is 5.36. The average molecular weight is 417 g/mol. The number of rotatable bonds is 6. The van der Waals surface area contributed by atoms with E-state index in [0.29, 0.717) is 11.8 Å². The van der Waals surface area contributed by atoms with Crippen LogP contribution in [0.5, 0.6) is 0 Å². The van der Waals surface area contributed by atoms with Gasteiger partial charge in [-0.3, -0.25) is 0 Å². The second kappa shape index (κ2) is 8.92. The van der Waals surface area contributed by atoms with E-state index < -0.39 is 11.2 Å². The third-order valence-corrected chi connectivity index (χ3v) is 8.37. The van der Waals surface area contributed by atoms with E-state index in [2.05, 4.69) is 25.7 Å². The van der Waals surface area contributed by atoms with Gasteiger partial charge in [-0.15, -0.1) is 0 Å². The van der Waals surface area contributed by atoms with E-state index in [1.165, 1.54) is 29.6 Å². The molecular weight excluding hydrogens is 372 g/mol. The van der Waals surface area contributed by atoms with Gasteiger partial charge in [0, 0.05) is 0 Å². The van der Waals surface area contributed by atoms with Crippen LogP contribution in [0, 0.1) is 17.3 Å². The summed E-state index contributed by atoms with van der Waals surface area (Å²) in [4.78, 5) is 0.